The molecule has 0 aromatic heterocycles. The van der Waals surface area contributed by atoms with Gasteiger partial charge in [0.1, 0.15) is 51.8 Å². The van der Waals surface area contributed by atoms with Crippen molar-refractivity contribution >= 4 is 62.7 Å². The number of hydrogen-bond donors (Lipinski definition) is 0. The molecule has 0 spiro atoms. The lowest BCUT2D eigenvalue weighted by atomic mass is 9.67. The number of ether oxygens (including phenoxy) is 12. The summed E-state index contributed by atoms with van der Waals surface area (Å²) >= 11 is 0. The summed E-state index contributed by atoms with van der Waals surface area (Å²) in [5, 5.41) is 0. The molecule has 5 unspecified atom stereocenters. The molecule has 20 nitrogen and oxygen atoms in total. The third-order valence-electron chi connectivity index (χ3n) is 10.9. The molecule has 0 bridgehead atoms. The molecular weight excluding hydrogens is 1070 g/mol. The summed E-state index contributed by atoms with van der Waals surface area (Å²) in [7, 11) is -0.348. The Balaban J connectivity index is 0.00000126. The Hall–Kier alpha value is -6.63. The molecule has 21 heteroatoms. The van der Waals surface area contributed by atoms with Crippen LogP contribution in [0.3, 0.4) is 0 Å². The van der Waals surface area contributed by atoms with Gasteiger partial charge in [-0.15, -0.1) is 8.53 Å². The Kier molecular flexibility index (Phi) is 39.4. The Morgan fingerprint density at radius 1 is 0.630 bits per heavy atom. The first kappa shape index (κ1) is 72.4. The van der Waals surface area contributed by atoms with E-state index in [1.165, 1.54) is 31.9 Å². The van der Waals surface area contributed by atoms with Crippen molar-refractivity contribution in [2.45, 2.75) is 119 Å². The van der Waals surface area contributed by atoms with Crippen molar-refractivity contribution in [1.29, 1.82) is 1.28 Å². The van der Waals surface area contributed by atoms with Crippen molar-refractivity contribution in [3.8, 4) is 0 Å². The van der Waals surface area contributed by atoms with E-state index in [4.69, 9.17) is 43.9 Å². The molecule has 2 aromatic rings. The highest BCUT2D eigenvalue weighted by Crippen LogP contribution is 2.45. The lowest BCUT2D eigenvalue weighted by molar-refractivity contribution is -0.158. The SMILES string of the molecule is C=C(C)C(=O)OCC1CO1.C=C(C)C(=O)OCCOC(=O)OCCCOC(C)=O.C=Cc1ccccc1.CCC(CC(C)(CC(=O)OCCOC(=O)OCCCOC(C)=O)CC(C)(C)C(=O)OCC1CO1)c1ccccc1.[3H]P(C)CC. The van der Waals surface area contributed by atoms with E-state index >= 15 is 0 Å². The highest BCUT2D eigenvalue weighted by atomic mass is 31.1. The number of esters is 6. The lowest BCUT2D eigenvalue weighted by Crippen LogP contribution is -2.36. The van der Waals surface area contributed by atoms with Crippen LogP contribution in [-0.2, 0) is 85.6 Å². The van der Waals surface area contributed by atoms with Crippen LogP contribution in [0.25, 0.3) is 6.08 Å². The second kappa shape index (κ2) is 44.1. The van der Waals surface area contributed by atoms with Gasteiger partial charge in [0.05, 0.1) is 52.8 Å². The summed E-state index contributed by atoms with van der Waals surface area (Å²) in [5.74, 6) is -2.26. The summed E-state index contributed by atoms with van der Waals surface area (Å²) in [6.45, 7) is 29.9. The predicted molar refractivity (Wildman–Crippen MR) is 307 cm³/mol. The van der Waals surface area contributed by atoms with Crippen molar-refractivity contribution in [2.24, 2.45) is 10.8 Å². The average Bonchev–Trinajstić information content (AvgIpc) is 4.48. The fraction of sp³-hybridized carbons (Fsp3) is 0.567. The van der Waals surface area contributed by atoms with Gasteiger partial charge in [0, 0.05) is 37.8 Å². The number of hydrogen-bond acceptors (Lipinski definition) is 20. The zero-order chi connectivity index (χ0) is 61.9. The van der Waals surface area contributed by atoms with E-state index < -0.39 is 41.0 Å². The summed E-state index contributed by atoms with van der Waals surface area (Å²) in [4.78, 5) is 91.3. The number of carbonyl (C=O) groups is 8. The molecule has 5 atom stereocenters. The number of epoxide rings is 2. The summed E-state index contributed by atoms with van der Waals surface area (Å²) in [6.07, 6.45) is 4.00. The maximum absolute atomic E-state index is 12.9. The second-order valence-corrected chi connectivity index (χ2v) is 20.6. The van der Waals surface area contributed by atoms with Crippen molar-refractivity contribution in [2.75, 3.05) is 92.1 Å². The molecule has 0 aliphatic carbocycles. The highest BCUT2D eigenvalue weighted by molar-refractivity contribution is 7.36. The molecule has 0 radical (unpaired) electrons. The van der Waals surface area contributed by atoms with Crippen molar-refractivity contribution < 1.29 is 95.2 Å². The molecule has 0 amide bonds. The van der Waals surface area contributed by atoms with Gasteiger partial charge in [0.15, 0.2) is 0 Å². The molecule has 454 valence electrons. The van der Waals surface area contributed by atoms with Crippen LogP contribution in [0.1, 0.15) is 118 Å². The molecular formula is C60H89O20P. The van der Waals surface area contributed by atoms with Gasteiger partial charge in [-0.1, -0.05) is 107 Å². The molecule has 2 aliphatic rings. The van der Waals surface area contributed by atoms with Crippen LogP contribution in [0.4, 0.5) is 9.59 Å². The quantitative estimate of drug-likeness (QED) is 0.0170. The zero-order valence-corrected chi connectivity index (χ0v) is 50.1. The Bertz CT molecular complexity index is 2230. The minimum atomic E-state index is -0.894. The van der Waals surface area contributed by atoms with Crippen molar-refractivity contribution in [3.63, 3.8) is 0 Å². The molecule has 4 rings (SSSR count). The highest BCUT2D eigenvalue weighted by Gasteiger charge is 2.42. The minimum Gasteiger partial charge on any atom is -0.466 e. The first-order valence-electron chi connectivity index (χ1n) is 27.2. The maximum Gasteiger partial charge on any atom is 0.508 e. The summed E-state index contributed by atoms with van der Waals surface area (Å²) in [5.41, 5.74) is 1.65. The summed E-state index contributed by atoms with van der Waals surface area (Å²) < 4.78 is 65.7. The number of rotatable bonds is 31. The van der Waals surface area contributed by atoms with Crippen molar-refractivity contribution in [1.82, 2.24) is 0 Å². The largest absolute Gasteiger partial charge is 0.508 e. The average molecular weight is 1160 g/mol. The van der Waals surface area contributed by atoms with Crippen LogP contribution in [0, 0.1) is 10.8 Å². The minimum absolute atomic E-state index is 0.0242. The van der Waals surface area contributed by atoms with E-state index in [1.807, 2.05) is 89.0 Å². The Morgan fingerprint density at radius 3 is 1.44 bits per heavy atom. The van der Waals surface area contributed by atoms with E-state index in [0.29, 0.717) is 51.1 Å². The first-order chi connectivity index (χ1) is 38.8. The van der Waals surface area contributed by atoms with Crippen LogP contribution in [-0.4, -0.2) is 154 Å². The van der Waals surface area contributed by atoms with E-state index in [2.05, 4.69) is 53.0 Å². The number of carbonyl (C=O) groups excluding carboxylic acids is 8. The van der Waals surface area contributed by atoms with Crippen LogP contribution in [0.5, 0.6) is 0 Å². The topological polar surface area (TPSA) is 254 Å². The van der Waals surface area contributed by atoms with Gasteiger partial charge in [-0.25, -0.2) is 19.2 Å². The van der Waals surface area contributed by atoms with E-state index in [-0.39, 0.29) is 116 Å². The fourth-order valence-electron chi connectivity index (χ4n) is 6.74. The van der Waals surface area contributed by atoms with Gasteiger partial charge in [-0.2, -0.15) is 0 Å². The Labute approximate surface area is 482 Å². The van der Waals surface area contributed by atoms with E-state index in [9.17, 15) is 38.4 Å². The standard InChI is InChI=1S/C30H44O10.C12H18O7.C8H8.C7H10O3.C3H9P/c1-6-23(24-11-8-7-9-12-24)17-30(5,21-29(3,4)27(33)40-20-25-19-39-25)18-26(32)36-15-16-38-28(34)37-14-10-13-35-22(2)31;1-9(2)11(14)17-7-8-19-12(15)18-6-4-5-16-10(3)13;1-2-8-6-4-3-5-7-8;1-5(2)7(8)10-4-6-3-9-6;1-3-4-2/h7-9,11-12,23,25H,6,10,13-21H2,1-5H3;1,4-8H2,2-3H3;2-7H,1H2;6H,1,3-4H2,2H3;4H,3H2,1-2H3/i;;;;4T. The molecule has 0 N–H and O–H groups in total. The molecule has 2 saturated heterocycles. The van der Waals surface area contributed by atoms with Crippen LogP contribution in [0.2, 0.25) is 0 Å². The normalized spacial score (nSPS) is 14.9. The van der Waals surface area contributed by atoms with Crippen LogP contribution >= 0.6 is 8.53 Å². The van der Waals surface area contributed by atoms with Gasteiger partial charge >= 0.3 is 48.1 Å². The monoisotopic (exact) mass is 1160 g/mol. The predicted octanol–water partition coefficient (Wildman–Crippen LogP) is 10.3. The van der Waals surface area contributed by atoms with Crippen LogP contribution < -0.4 is 0 Å². The molecule has 0 saturated carbocycles. The van der Waals surface area contributed by atoms with Gasteiger partial charge in [-0.3, -0.25) is 19.2 Å². The third-order valence-corrected chi connectivity index (χ3v) is 11.5. The molecule has 2 fully saturated rings. The Morgan fingerprint density at radius 2 is 1.04 bits per heavy atom. The van der Waals surface area contributed by atoms with Gasteiger partial charge in [0.2, 0.25) is 0 Å². The zero-order valence-electron chi connectivity index (χ0n) is 50.3. The lowest BCUT2D eigenvalue weighted by Gasteiger charge is -2.38. The first-order valence-corrected chi connectivity index (χ1v) is 28.3. The van der Waals surface area contributed by atoms with Gasteiger partial charge in [0.25, 0.3) is 0 Å². The molecule has 2 aliphatic heterocycles. The molecule has 81 heavy (non-hydrogen) atoms. The molecule has 2 heterocycles. The van der Waals surface area contributed by atoms with Crippen molar-refractivity contribution in [3.05, 3.63) is 103 Å². The van der Waals surface area contributed by atoms with Gasteiger partial charge < -0.3 is 56.8 Å². The third kappa shape index (κ3) is 42.0. The molecule has 2 aromatic carbocycles. The maximum atomic E-state index is 12.9. The fourth-order valence-corrected chi connectivity index (χ4v) is 6.74. The smallest absolute Gasteiger partial charge is 0.466 e. The van der Waals surface area contributed by atoms with Crippen LogP contribution in [0.15, 0.2) is 91.5 Å². The van der Waals surface area contributed by atoms with E-state index in [1.54, 1.807) is 6.92 Å². The second-order valence-electron chi connectivity index (χ2n) is 19.3. The van der Waals surface area contributed by atoms with Gasteiger partial charge in [-0.05, 0) is 82.2 Å². The summed E-state index contributed by atoms with van der Waals surface area (Å²) in [6, 6.07) is 20.1. The van der Waals surface area contributed by atoms with E-state index in [0.717, 1.165) is 12.6 Å². The number of benzene rings is 2.